The number of rotatable bonds is 3. The summed E-state index contributed by atoms with van der Waals surface area (Å²) in [5, 5.41) is 0. The van der Waals surface area contributed by atoms with Crippen molar-refractivity contribution in [1.82, 2.24) is 9.80 Å². The van der Waals surface area contributed by atoms with Crippen molar-refractivity contribution in [3.63, 3.8) is 0 Å². The van der Waals surface area contributed by atoms with E-state index in [9.17, 15) is 4.79 Å². The van der Waals surface area contributed by atoms with Crippen molar-refractivity contribution in [2.75, 3.05) is 26.7 Å². The van der Waals surface area contributed by atoms with Crippen LogP contribution in [0.4, 0.5) is 4.79 Å². The summed E-state index contributed by atoms with van der Waals surface area (Å²) in [6.45, 7) is 4.88. The van der Waals surface area contributed by atoms with Gasteiger partial charge in [-0.1, -0.05) is 13.3 Å². The van der Waals surface area contributed by atoms with Crippen LogP contribution in [0.25, 0.3) is 0 Å². The third kappa shape index (κ3) is 1.85. The molecule has 1 aliphatic rings. The summed E-state index contributed by atoms with van der Waals surface area (Å²) in [6, 6.07) is 0.193. The maximum Gasteiger partial charge on any atom is 0.319 e. The third-order valence-corrected chi connectivity index (χ3v) is 2.08. The molecule has 0 bridgehead atoms. The van der Waals surface area contributed by atoms with E-state index in [4.69, 9.17) is 0 Å². The Hall–Kier alpha value is -0.730. The first kappa shape index (κ1) is 8.37. The molecule has 1 aliphatic heterocycles. The SMILES string of the molecule is CCCCN1CCN(C)C1=O. The molecule has 1 rings (SSSR count). The highest BCUT2D eigenvalue weighted by Crippen LogP contribution is 2.06. The van der Waals surface area contributed by atoms with Crippen LogP contribution in [0.5, 0.6) is 0 Å². The zero-order valence-electron chi connectivity index (χ0n) is 7.34. The smallest absolute Gasteiger partial charge is 0.319 e. The molecule has 0 radical (unpaired) electrons. The van der Waals surface area contributed by atoms with Crippen LogP contribution < -0.4 is 0 Å². The molecule has 0 unspecified atom stereocenters. The molecule has 1 fully saturated rings. The molecule has 0 saturated carbocycles. The van der Waals surface area contributed by atoms with Gasteiger partial charge in [0.1, 0.15) is 0 Å². The Kier molecular flexibility index (Phi) is 2.74. The highest BCUT2D eigenvalue weighted by Gasteiger charge is 2.23. The number of nitrogens with zero attached hydrogens (tertiary/aromatic N) is 2. The maximum absolute atomic E-state index is 11.3. The van der Waals surface area contributed by atoms with Crippen LogP contribution in [0.15, 0.2) is 0 Å². The van der Waals surface area contributed by atoms with Gasteiger partial charge in [-0.25, -0.2) is 4.79 Å². The lowest BCUT2D eigenvalue weighted by Crippen LogP contribution is -2.30. The molecule has 0 aromatic carbocycles. The second-order valence-electron chi connectivity index (χ2n) is 3.04. The number of unbranched alkanes of at least 4 members (excludes halogenated alkanes) is 1. The predicted octanol–water partition coefficient (Wildman–Crippen LogP) is 1.15. The van der Waals surface area contributed by atoms with E-state index in [0.29, 0.717) is 0 Å². The maximum atomic E-state index is 11.3. The zero-order valence-corrected chi connectivity index (χ0v) is 7.34. The fourth-order valence-corrected chi connectivity index (χ4v) is 1.26. The van der Waals surface area contributed by atoms with E-state index in [-0.39, 0.29) is 6.03 Å². The van der Waals surface area contributed by atoms with Crippen molar-refractivity contribution in [3.8, 4) is 0 Å². The van der Waals surface area contributed by atoms with Gasteiger partial charge in [0.2, 0.25) is 0 Å². The quantitative estimate of drug-likeness (QED) is 0.601. The molecule has 0 atom stereocenters. The molecule has 3 heteroatoms. The Morgan fingerprint density at radius 1 is 1.45 bits per heavy atom. The van der Waals surface area contributed by atoms with Crippen LogP contribution in [0.1, 0.15) is 19.8 Å². The average molecular weight is 156 g/mol. The normalized spacial score (nSPS) is 18.2. The van der Waals surface area contributed by atoms with Gasteiger partial charge >= 0.3 is 6.03 Å². The second kappa shape index (κ2) is 3.60. The molecule has 2 amide bonds. The van der Waals surface area contributed by atoms with Crippen LogP contribution in [0, 0.1) is 0 Å². The largest absolute Gasteiger partial charge is 0.326 e. The lowest BCUT2D eigenvalue weighted by atomic mass is 10.3. The van der Waals surface area contributed by atoms with E-state index < -0.39 is 0 Å². The Morgan fingerprint density at radius 2 is 2.18 bits per heavy atom. The standard InChI is InChI=1S/C8H16N2O/c1-3-4-5-10-7-6-9(2)8(10)11/h3-7H2,1-2H3. The van der Waals surface area contributed by atoms with Crippen molar-refractivity contribution in [2.24, 2.45) is 0 Å². The van der Waals surface area contributed by atoms with Crippen LogP contribution in [0.3, 0.4) is 0 Å². The van der Waals surface area contributed by atoms with Crippen molar-refractivity contribution in [1.29, 1.82) is 0 Å². The van der Waals surface area contributed by atoms with Gasteiger partial charge in [-0.05, 0) is 6.42 Å². The van der Waals surface area contributed by atoms with Gasteiger partial charge in [0.25, 0.3) is 0 Å². The van der Waals surface area contributed by atoms with Gasteiger partial charge in [0.15, 0.2) is 0 Å². The van der Waals surface area contributed by atoms with Crippen LogP contribution in [-0.2, 0) is 0 Å². The number of hydrogen-bond acceptors (Lipinski definition) is 1. The summed E-state index contributed by atoms with van der Waals surface area (Å²) < 4.78 is 0. The van der Waals surface area contributed by atoms with Crippen molar-refractivity contribution in [3.05, 3.63) is 0 Å². The molecule has 0 aromatic rings. The minimum atomic E-state index is 0.193. The first-order valence-electron chi connectivity index (χ1n) is 4.25. The van der Waals surface area contributed by atoms with Crippen LogP contribution in [-0.4, -0.2) is 42.5 Å². The second-order valence-corrected chi connectivity index (χ2v) is 3.04. The van der Waals surface area contributed by atoms with Gasteiger partial charge in [0.05, 0.1) is 0 Å². The van der Waals surface area contributed by atoms with Crippen LogP contribution >= 0.6 is 0 Å². The number of carbonyl (C=O) groups is 1. The van der Waals surface area contributed by atoms with Gasteiger partial charge in [-0.15, -0.1) is 0 Å². The molecule has 0 aliphatic carbocycles. The van der Waals surface area contributed by atoms with Crippen molar-refractivity contribution < 1.29 is 4.79 Å². The monoisotopic (exact) mass is 156 g/mol. The number of hydrogen-bond donors (Lipinski definition) is 0. The summed E-state index contributed by atoms with van der Waals surface area (Å²) >= 11 is 0. The van der Waals surface area contributed by atoms with Crippen molar-refractivity contribution in [2.45, 2.75) is 19.8 Å². The molecular weight excluding hydrogens is 140 g/mol. The molecule has 1 heterocycles. The topological polar surface area (TPSA) is 23.6 Å². The molecule has 3 nitrogen and oxygen atoms in total. The number of likely N-dealkylation sites (N-methyl/N-ethyl adjacent to an activating group) is 1. The summed E-state index contributed by atoms with van der Waals surface area (Å²) in [5.74, 6) is 0. The Labute approximate surface area is 68.0 Å². The molecule has 11 heavy (non-hydrogen) atoms. The van der Waals surface area contributed by atoms with Gasteiger partial charge in [0, 0.05) is 26.7 Å². The fourth-order valence-electron chi connectivity index (χ4n) is 1.26. The van der Waals surface area contributed by atoms with E-state index in [1.165, 1.54) is 0 Å². The lowest BCUT2D eigenvalue weighted by Gasteiger charge is -2.14. The highest BCUT2D eigenvalue weighted by atomic mass is 16.2. The Balaban J connectivity index is 2.30. The third-order valence-electron chi connectivity index (χ3n) is 2.08. The van der Waals surface area contributed by atoms with E-state index in [1.54, 1.807) is 4.90 Å². The molecule has 1 saturated heterocycles. The molecular formula is C8H16N2O. The summed E-state index contributed by atoms with van der Waals surface area (Å²) in [5.41, 5.74) is 0. The molecule has 0 aromatic heterocycles. The highest BCUT2D eigenvalue weighted by molar-refractivity contribution is 5.76. The minimum absolute atomic E-state index is 0.193. The lowest BCUT2D eigenvalue weighted by molar-refractivity contribution is 0.198. The summed E-state index contributed by atoms with van der Waals surface area (Å²) in [6.07, 6.45) is 2.28. The summed E-state index contributed by atoms with van der Waals surface area (Å²) in [7, 11) is 1.86. The van der Waals surface area contributed by atoms with E-state index in [1.807, 2.05) is 11.9 Å². The van der Waals surface area contributed by atoms with Gasteiger partial charge in [-0.3, -0.25) is 0 Å². The van der Waals surface area contributed by atoms with Gasteiger partial charge < -0.3 is 9.80 Å². The van der Waals surface area contributed by atoms with E-state index in [0.717, 1.165) is 32.5 Å². The zero-order chi connectivity index (χ0) is 8.27. The molecule has 0 N–H and O–H groups in total. The van der Waals surface area contributed by atoms with E-state index in [2.05, 4.69) is 6.92 Å². The summed E-state index contributed by atoms with van der Waals surface area (Å²) in [4.78, 5) is 15.0. The van der Waals surface area contributed by atoms with Gasteiger partial charge in [-0.2, -0.15) is 0 Å². The average Bonchev–Trinajstić information content (AvgIpc) is 2.31. The molecule has 64 valence electrons. The van der Waals surface area contributed by atoms with Crippen molar-refractivity contribution >= 4 is 6.03 Å². The fraction of sp³-hybridized carbons (Fsp3) is 0.875. The number of urea groups is 1. The minimum Gasteiger partial charge on any atom is -0.326 e. The number of carbonyl (C=O) groups excluding carboxylic acids is 1. The first-order chi connectivity index (χ1) is 5.25. The molecule has 0 spiro atoms. The Morgan fingerprint density at radius 3 is 2.64 bits per heavy atom. The van der Waals surface area contributed by atoms with Crippen LogP contribution in [0.2, 0.25) is 0 Å². The van der Waals surface area contributed by atoms with E-state index >= 15 is 0 Å². The Bertz CT molecular complexity index is 147. The first-order valence-corrected chi connectivity index (χ1v) is 4.25. The number of amides is 2. The predicted molar refractivity (Wildman–Crippen MR) is 44.5 cm³/mol.